The van der Waals surface area contributed by atoms with Gasteiger partial charge in [-0.2, -0.15) is 13.2 Å². The summed E-state index contributed by atoms with van der Waals surface area (Å²) in [5.41, 5.74) is 3.41. The normalized spacial score (nSPS) is 14.8. The first-order chi connectivity index (χ1) is 15.5. The predicted octanol–water partition coefficient (Wildman–Crippen LogP) is 1.35. The van der Waals surface area contributed by atoms with Crippen LogP contribution in [0.5, 0.6) is 0 Å². The molecule has 3 heterocycles. The second-order valence-corrected chi connectivity index (χ2v) is 7.82. The number of aryl methyl sites for hydroxylation is 1. The van der Waals surface area contributed by atoms with Crippen LogP contribution in [0.15, 0.2) is 29.5 Å². The molecule has 33 heavy (non-hydrogen) atoms. The Morgan fingerprint density at radius 2 is 1.91 bits per heavy atom. The van der Waals surface area contributed by atoms with Crippen molar-refractivity contribution in [3.8, 4) is 0 Å². The van der Waals surface area contributed by atoms with Crippen LogP contribution in [0, 0.1) is 0 Å². The molecule has 0 atom stereocenters. The summed E-state index contributed by atoms with van der Waals surface area (Å²) in [5.74, 6) is 0.128. The second kappa shape index (κ2) is 9.46. The number of alkyl halides is 3. The molecule has 10 nitrogen and oxygen atoms in total. The van der Waals surface area contributed by atoms with Crippen molar-refractivity contribution >= 4 is 23.4 Å². The Morgan fingerprint density at radius 3 is 2.45 bits per heavy atom. The first-order valence-corrected chi connectivity index (χ1v) is 10.1. The molecular weight excluding hydrogens is 443 g/mol. The number of carbonyl (C=O) groups excluding carboxylic acids is 2. The number of halogens is 3. The number of rotatable bonds is 5. The van der Waals surface area contributed by atoms with Gasteiger partial charge in [0.25, 0.3) is 5.56 Å². The molecule has 3 N–H and O–H groups in total. The number of hydrogen-bond acceptors (Lipinski definition) is 6. The van der Waals surface area contributed by atoms with Gasteiger partial charge >= 0.3 is 12.2 Å². The highest BCUT2D eigenvalue weighted by molar-refractivity contribution is 5.89. The van der Waals surface area contributed by atoms with Crippen LogP contribution in [0.1, 0.15) is 24.1 Å². The van der Waals surface area contributed by atoms with Crippen molar-refractivity contribution in [3.05, 3.63) is 46.3 Å². The van der Waals surface area contributed by atoms with E-state index < -0.39 is 34.9 Å². The highest BCUT2D eigenvalue weighted by Gasteiger charge is 2.33. The van der Waals surface area contributed by atoms with Gasteiger partial charge < -0.3 is 25.4 Å². The van der Waals surface area contributed by atoms with E-state index >= 15 is 0 Å². The van der Waals surface area contributed by atoms with E-state index in [4.69, 9.17) is 5.73 Å². The molecule has 0 spiro atoms. The summed E-state index contributed by atoms with van der Waals surface area (Å²) in [7, 11) is 2.72. The number of amides is 3. The molecule has 0 aliphatic carbocycles. The molecule has 1 aliphatic heterocycles. The van der Waals surface area contributed by atoms with E-state index in [0.717, 1.165) is 4.57 Å². The Kier molecular flexibility index (Phi) is 6.89. The average molecular weight is 467 g/mol. The number of aromatic nitrogens is 3. The number of anilines is 2. The zero-order chi connectivity index (χ0) is 24.3. The summed E-state index contributed by atoms with van der Waals surface area (Å²) in [6.45, 7) is 1.13. The lowest BCUT2D eigenvalue weighted by Crippen LogP contribution is -2.47. The largest absolute Gasteiger partial charge is 0.417 e. The molecule has 0 radical (unpaired) electrons. The zero-order valence-corrected chi connectivity index (χ0v) is 18.1. The predicted molar refractivity (Wildman–Crippen MR) is 114 cm³/mol. The second-order valence-electron chi connectivity index (χ2n) is 7.82. The molecule has 1 saturated heterocycles. The maximum Gasteiger partial charge on any atom is 0.417 e. The quantitative estimate of drug-likeness (QED) is 0.684. The van der Waals surface area contributed by atoms with Crippen LogP contribution >= 0.6 is 0 Å². The van der Waals surface area contributed by atoms with E-state index in [1.807, 2.05) is 4.90 Å². The molecule has 2 aromatic heterocycles. The number of nitrogens with one attached hydrogen (secondary N) is 1. The van der Waals surface area contributed by atoms with E-state index in [2.05, 4.69) is 15.3 Å². The number of urea groups is 1. The van der Waals surface area contributed by atoms with Crippen molar-refractivity contribution in [3.63, 3.8) is 0 Å². The van der Waals surface area contributed by atoms with E-state index in [-0.39, 0.29) is 12.5 Å². The Balaban J connectivity index is 1.61. The monoisotopic (exact) mass is 467 g/mol. The molecule has 0 unspecified atom stereocenters. The number of hydrogen-bond donors (Lipinski definition) is 2. The lowest BCUT2D eigenvalue weighted by Gasteiger charge is -2.37. The van der Waals surface area contributed by atoms with Crippen LogP contribution < -0.4 is 21.5 Å². The molecule has 0 aromatic carbocycles. The molecule has 2 aromatic rings. The molecule has 1 aliphatic rings. The summed E-state index contributed by atoms with van der Waals surface area (Å²) in [5, 5.41) is 2.31. The van der Waals surface area contributed by atoms with Gasteiger partial charge in [0.1, 0.15) is 11.5 Å². The molecule has 3 rings (SSSR count). The van der Waals surface area contributed by atoms with Crippen molar-refractivity contribution in [2.45, 2.75) is 31.5 Å². The van der Waals surface area contributed by atoms with Crippen molar-refractivity contribution < 1.29 is 22.8 Å². The standard InChI is InChI=1S/C20H24F3N7O3/c1-28-11-12(20(21,22)23)7-15(18(28)32)27-19(33)29(2)14-3-5-30(6-4-14)17-10-25-13(9-26-17)8-16(24)31/h7,9-11,14H,3-6,8H2,1-2H3,(H2,24,31)(H,27,33). The van der Waals surface area contributed by atoms with Gasteiger partial charge in [0.2, 0.25) is 5.91 Å². The minimum absolute atomic E-state index is 0.00421. The van der Waals surface area contributed by atoms with Crippen LogP contribution in [0.4, 0.5) is 29.5 Å². The van der Waals surface area contributed by atoms with Gasteiger partial charge in [0.15, 0.2) is 0 Å². The lowest BCUT2D eigenvalue weighted by molar-refractivity contribution is -0.138. The van der Waals surface area contributed by atoms with Crippen molar-refractivity contribution in [1.29, 1.82) is 0 Å². The molecule has 3 amide bonds. The third-order valence-electron chi connectivity index (χ3n) is 5.46. The van der Waals surface area contributed by atoms with Crippen LogP contribution in [0.25, 0.3) is 0 Å². The van der Waals surface area contributed by atoms with Gasteiger partial charge in [-0.3, -0.25) is 14.6 Å². The minimum atomic E-state index is -4.65. The van der Waals surface area contributed by atoms with Crippen molar-refractivity contribution in [2.24, 2.45) is 12.8 Å². The minimum Gasteiger partial charge on any atom is -0.369 e. The average Bonchev–Trinajstić information content (AvgIpc) is 2.75. The fraction of sp³-hybridized carbons (Fsp3) is 0.450. The number of primary amides is 1. The third kappa shape index (κ3) is 5.79. The third-order valence-corrected chi connectivity index (χ3v) is 5.46. The summed E-state index contributed by atoms with van der Waals surface area (Å²) in [6.07, 6.45) is 0.236. The summed E-state index contributed by atoms with van der Waals surface area (Å²) in [4.78, 5) is 47.6. The van der Waals surface area contributed by atoms with E-state index in [1.54, 1.807) is 6.20 Å². The molecule has 0 saturated carbocycles. The lowest BCUT2D eigenvalue weighted by atomic mass is 10.0. The van der Waals surface area contributed by atoms with Crippen molar-refractivity contribution in [1.82, 2.24) is 19.4 Å². The first kappa shape index (κ1) is 24.0. The SMILES string of the molecule is CN(C(=O)Nc1cc(C(F)(F)F)cn(C)c1=O)C1CCN(c2cnc(CC(N)=O)cn2)CC1. The highest BCUT2D eigenvalue weighted by atomic mass is 19.4. The molecular formula is C20H24F3N7O3. The summed E-state index contributed by atoms with van der Waals surface area (Å²) in [6, 6.07) is -0.212. The van der Waals surface area contributed by atoms with Gasteiger partial charge in [-0.15, -0.1) is 0 Å². The van der Waals surface area contributed by atoms with Crippen LogP contribution in [-0.4, -0.2) is 57.6 Å². The Bertz CT molecular complexity index is 1080. The van der Waals surface area contributed by atoms with Gasteiger partial charge in [-0.25, -0.2) is 9.78 Å². The Labute approximate surface area is 187 Å². The fourth-order valence-electron chi connectivity index (χ4n) is 3.59. The topological polar surface area (TPSA) is 126 Å². The fourth-order valence-corrected chi connectivity index (χ4v) is 3.59. The van der Waals surface area contributed by atoms with Gasteiger partial charge in [0.05, 0.1) is 30.1 Å². The number of carbonyl (C=O) groups is 2. The number of nitrogens with two attached hydrogens (primary N) is 1. The van der Waals surface area contributed by atoms with Crippen LogP contribution in [0.2, 0.25) is 0 Å². The molecule has 0 bridgehead atoms. The summed E-state index contributed by atoms with van der Waals surface area (Å²) < 4.78 is 39.9. The maximum absolute atomic E-state index is 13.0. The Hall–Kier alpha value is -3.64. The van der Waals surface area contributed by atoms with E-state index in [9.17, 15) is 27.6 Å². The zero-order valence-electron chi connectivity index (χ0n) is 18.1. The molecule has 13 heteroatoms. The highest BCUT2D eigenvalue weighted by Crippen LogP contribution is 2.29. The maximum atomic E-state index is 13.0. The number of pyridine rings is 1. The number of nitrogens with zero attached hydrogens (tertiary/aromatic N) is 5. The van der Waals surface area contributed by atoms with Crippen molar-refractivity contribution in [2.75, 3.05) is 30.4 Å². The van der Waals surface area contributed by atoms with Gasteiger partial charge in [-0.05, 0) is 18.9 Å². The first-order valence-electron chi connectivity index (χ1n) is 10.1. The van der Waals surface area contributed by atoms with Crippen LogP contribution in [-0.2, 0) is 24.4 Å². The van der Waals surface area contributed by atoms with Gasteiger partial charge in [0, 0.05) is 39.4 Å². The van der Waals surface area contributed by atoms with E-state index in [0.29, 0.717) is 49.7 Å². The van der Waals surface area contributed by atoms with Gasteiger partial charge in [-0.1, -0.05) is 0 Å². The van der Waals surface area contributed by atoms with Crippen LogP contribution in [0.3, 0.4) is 0 Å². The number of piperidine rings is 1. The smallest absolute Gasteiger partial charge is 0.369 e. The molecule has 1 fully saturated rings. The Morgan fingerprint density at radius 1 is 1.24 bits per heavy atom. The molecule has 178 valence electrons. The summed E-state index contributed by atoms with van der Waals surface area (Å²) >= 11 is 0. The van der Waals surface area contributed by atoms with E-state index in [1.165, 1.54) is 25.2 Å².